The van der Waals surface area contributed by atoms with Gasteiger partial charge in [0, 0.05) is 22.1 Å². The maximum absolute atomic E-state index is 6.06. The van der Waals surface area contributed by atoms with Crippen molar-refractivity contribution in [3.8, 4) is 0 Å². The molecule has 4 heteroatoms. The normalized spacial score (nSPS) is 16.5. The van der Waals surface area contributed by atoms with Crippen LogP contribution in [0.2, 0.25) is 5.02 Å². The topological polar surface area (TPSA) is 38.0 Å². The van der Waals surface area contributed by atoms with Gasteiger partial charge in [-0.25, -0.2) is 0 Å². The van der Waals surface area contributed by atoms with E-state index in [1.165, 1.54) is 19.3 Å². The first kappa shape index (κ1) is 15.0. The lowest BCUT2D eigenvalue weighted by Crippen LogP contribution is -2.29. The molecule has 0 heterocycles. The fourth-order valence-electron chi connectivity index (χ4n) is 2.47. The van der Waals surface area contributed by atoms with Gasteiger partial charge in [0.2, 0.25) is 0 Å². The van der Waals surface area contributed by atoms with Gasteiger partial charge in [0.15, 0.2) is 0 Å². The number of benzene rings is 1. The summed E-state index contributed by atoms with van der Waals surface area (Å²) in [4.78, 5) is 0. The van der Waals surface area contributed by atoms with E-state index in [1.54, 1.807) is 5.57 Å². The molecule has 19 heavy (non-hydrogen) atoms. The maximum Gasteiger partial charge on any atom is 0.0456 e. The highest BCUT2D eigenvalue weighted by molar-refractivity contribution is 9.10. The number of hydrogen-bond acceptors (Lipinski definition) is 2. The third kappa shape index (κ3) is 4.32. The van der Waals surface area contributed by atoms with Crippen LogP contribution in [-0.4, -0.2) is 13.1 Å². The fourth-order valence-corrected chi connectivity index (χ4v) is 3.18. The molecule has 104 valence electrons. The maximum atomic E-state index is 6.06. The standard InChI is InChI=1S/C15H20BrClN2/c16-14-6-5-12(17)9-13(14)15(10-18)19-8-7-11-3-1-2-4-11/h3,5-6,9,15,19H,1-2,4,7-8,10,18H2. The van der Waals surface area contributed by atoms with Crippen molar-refractivity contribution < 1.29 is 0 Å². The summed E-state index contributed by atoms with van der Waals surface area (Å²) in [5.74, 6) is 0. The second-order valence-electron chi connectivity index (χ2n) is 4.91. The van der Waals surface area contributed by atoms with Crippen molar-refractivity contribution in [3.05, 3.63) is 44.9 Å². The molecule has 1 aromatic rings. The summed E-state index contributed by atoms with van der Waals surface area (Å²) >= 11 is 9.62. The number of hydrogen-bond donors (Lipinski definition) is 2. The van der Waals surface area contributed by atoms with Gasteiger partial charge in [0.1, 0.15) is 0 Å². The van der Waals surface area contributed by atoms with E-state index in [1.807, 2.05) is 18.2 Å². The van der Waals surface area contributed by atoms with Crippen LogP contribution in [0.25, 0.3) is 0 Å². The van der Waals surface area contributed by atoms with Crippen molar-refractivity contribution in [2.75, 3.05) is 13.1 Å². The van der Waals surface area contributed by atoms with Gasteiger partial charge in [-0.2, -0.15) is 0 Å². The Bertz CT molecular complexity index is 459. The Morgan fingerprint density at radius 3 is 2.95 bits per heavy atom. The zero-order valence-corrected chi connectivity index (χ0v) is 13.3. The number of halogens is 2. The van der Waals surface area contributed by atoms with Crippen LogP contribution in [0, 0.1) is 0 Å². The molecule has 0 aliphatic heterocycles. The molecule has 0 saturated carbocycles. The zero-order valence-electron chi connectivity index (χ0n) is 11.0. The van der Waals surface area contributed by atoms with Crippen molar-refractivity contribution in [2.24, 2.45) is 5.73 Å². The van der Waals surface area contributed by atoms with E-state index in [0.717, 1.165) is 28.0 Å². The largest absolute Gasteiger partial charge is 0.329 e. The predicted molar refractivity (Wildman–Crippen MR) is 85.5 cm³/mol. The number of nitrogens with two attached hydrogens (primary N) is 1. The molecule has 1 aromatic carbocycles. The molecule has 0 saturated heterocycles. The second kappa shape index (κ2) is 7.44. The molecule has 2 nitrogen and oxygen atoms in total. The molecule has 2 rings (SSSR count). The first-order valence-electron chi connectivity index (χ1n) is 6.77. The number of rotatable bonds is 6. The van der Waals surface area contributed by atoms with Crippen LogP contribution in [0.4, 0.5) is 0 Å². The van der Waals surface area contributed by atoms with Crippen molar-refractivity contribution in [1.29, 1.82) is 0 Å². The molecule has 1 unspecified atom stereocenters. The highest BCUT2D eigenvalue weighted by Gasteiger charge is 2.13. The van der Waals surface area contributed by atoms with Crippen LogP contribution in [0.5, 0.6) is 0 Å². The molecule has 0 bridgehead atoms. The van der Waals surface area contributed by atoms with E-state index in [0.29, 0.717) is 6.54 Å². The van der Waals surface area contributed by atoms with Crippen LogP contribution < -0.4 is 11.1 Å². The lowest BCUT2D eigenvalue weighted by Gasteiger charge is -2.19. The van der Waals surface area contributed by atoms with Crippen LogP contribution >= 0.6 is 27.5 Å². The molecule has 1 atom stereocenters. The van der Waals surface area contributed by atoms with Gasteiger partial charge in [-0.15, -0.1) is 0 Å². The Balaban J connectivity index is 1.93. The van der Waals surface area contributed by atoms with Gasteiger partial charge in [0.05, 0.1) is 0 Å². The average molecular weight is 344 g/mol. The van der Waals surface area contributed by atoms with E-state index in [2.05, 4.69) is 27.3 Å². The van der Waals surface area contributed by atoms with Crippen LogP contribution in [0.1, 0.15) is 37.3 Å². The molecule has 0 fully saturated rings. The van der Waals surface area contributed by atoms with Crippen molar-refractivity contribution >= 4 is 27.5 Å². The quantitative estimate of drug-likeness (QED) is 0.760. The summed E-state index contributed by atoms with van der Waals surface area (Å²) in [6.07, 6.45) is 7.31. The SMILES string of the molecule is NCC(NCCC1=CCCC1)c1cc(Cl)ccc1Br. The Kier molecular flexibility index (Phi) is 5.89. The van der Waals surface area contributed by atoms with Gasteiger partial charge in [0.25, 0.3) is 0 Å². The van der Waals surface area contributed by atoms with E-state index in [-0.39, 0.29) is 6.04 Å². The van der Waals surface area contributed by atoms with Gasteiger partial charge < -0.3 is 11.1 Å². The van der Waals surface area contributed by atoms with Gasteiger partial charge in [-0.3, -0.25) is 0 Å². The minimum Gasteiger partial charge on any atom is -0.329 e. The highest BCUT2D eigenvalue weighted by Crippen LogP contribution is 2.27. The molecular formula is C15H20BrClN2. The number of allylic oxidation sites excluding steroid dienone is 1. The third-order valence-corrected chi connectivity index (χ3v) is 4.50. The first-order chi connectivity index (χ1) is 9.20. The van der Waals surface area contributed by atoms with Gasteiger partial charge in [-0.05, 0) is 56.0 Å². The minimum absolute atomic E-state index is 0.148. The Morgan fingerprint density at radius 1 is 1.42 bits per heavy atom. The molecule has 1 aliphatic rings. The summed E-state index contributed by atoms with van der Waals surface area (Å²) in [6, 6.07) is 5.98. The average Bonchev–Trinajstić information content (AvgIpc) is 2.91. The monoisotopic (exact) mass is 342 g/mol. The van der Waals surface area contributed by atoms with E-state index >= 15 is 0 Å². The fraction of sp³-hybridized carbons (Fsp3) is 0.467. The molecule has 3 N–H and O–H groups in total. The summed E-state index contributed by atoms with van der Waals surface area (Å²) in [7, 11) is 0. The second-order valence-corrected chi connectivity index (χ2v) is 6.20. The number of nitrogens with one attached hydrogen (secondary N) is 1. The first-order valence-corrected chi connectivity index (χ1v) is 7.94. The predicted octanol–water partition coefficient (Wildman–Crippen LogP) is 4.19. The smallest absolute Gasteiger partial charge is 0.0456 e. The van der Waals surface area contributed by atoms with Crippen LogP contribution in [0.3, 0.4) is 0 Å². The highest BCUT2D eigenvalue weighted by atomic mass is 79.9. The molecular weight excluding hydrogens is 324 g/mol. The third-order valence-electron chi connectivity index (χ3n) is 3.54. The lowest BCUT2D eigenvalue weighted by molar-refractivity contribution is 0.540. The Morgan fingerprint density at radius 2 is 2.26 bits per heavy atom. The molecule has 0 spiro atoms. The van der Waals surface area contributed by atoms with E-state index in [9.17, 15) is 0 Å². The van der Waals surface area contributed by atoms with E-state index < -0.39 is 0 Å². The molecule has 0 amide bonds. The van der Waals surface area contributed by atoms with Gasteiger partial charge >= 0.3 is 0 Å². The zero-order chi connectivity index (χ0) is 13.7. The Labute approximate surface area is 128 Å². The van der Waals surface area contributed by atoms with E-state index in [4.69, 9.17) is 17.3 Å². The lowest BCUT2D eigenvalue weighted by atomic mass is 10.1. The van der Waals surface area contributed by atoms with Crippen molar-refractivity contribution in [1.82, 2.24) is 5.32 Å². The van der Waals surface area contributed by atoms with Gasteiger partial charge in [-0.1, -0.05) is 39.2 Å². The molecule has 0 aromatic heterocycles. The van der Waals surface area contributed by atoms with Crippen LogP contribution in [-0.2, 0) is 0 Å². The van der Waals surface area contributed by atoms with Crippen molar-refractivity contribution in [2.45, 2.75) is 31.7 Å². The summed E-state index contributed by atoms with van der Waals surface area (Å²) in [5.41, 5.74) is 8.59. The molecule has 1 aliphatic carbocycles. The summed E-state index contributed by atoms with van der Waals surface area (Å²) < 4.78 is 1.06. The Hall–Kier alpha value is -0.350. The summed E-state index contributed by atoms with van der Waals surface area (Å²) in [5, 5.41) is 4.27. The van der Waals surface area contributed by atoms with Crippen molar-refractivity contribution in [3.63, 3.8) is 0 Å². The van der Waals surface area contributed by atoms with Crippen LogP contribution in [0.15, 0.2) is 34.3 Å². The summed E-state index contributed by atoms with van der Waals surface area (Å²) in [6.45, 7) is 1.53. The molecule has 0 radical (unpaired) electrons. The minimum atomic E-state index is 0.148.